The SMILES string of the molecule is C[C@H]1CC2=C3C(=C(c4cn[nH]c4)SC3C(=O)N=C2CN2CCC2)O1. The number of H-pyrrole nitrogens is 1. The molecular weight excluding hydrogens is 324 g/mol. The second kappa shape index (κ2) is 5.32. The maximum atomic E-state index is 12.6. The van der Waals surface area contributed by atoms with Crippen LogP contribution in [0.25, 0.3) is 4.91 Å². The number of hydrogen-bond acceptors (Lipinski definition) is 5. The van der Waals surface area contributed by atoms with Gasteiger partial charge in [-0.3, -0.25) is 14.8 Å². The molecule has 1 N–H and O–H groups in total. The van der Waals surface area contributed by atoms with E-state index < -0.39 is 0 Å². The number of rotatable bonds is 3. The maximum Gasteiger partial charge on any atom is 0.264 e. The predicted molar refractivity (Wildman–Crippen MR) is 92.6 cm³/mol. The summed E-state index contributed by atoms with van der Waals surface area (Å²) in [4.78, 5) is 20.5. The first-order chi connectivity index (χ1) is 11.7. The molecule has 0 spiro atoms. The third kappa shape index (κ3) is 2.11. The predicted octanol–water partition coefficient (Wildman–Crippen LogP) is 1.99. The fraction of sp³-hybridized carbons (Fsp3) is 0.471. The standard InChI is InChI=1S/C17H18N4O2S/c1-9-5-11-12(8-21-3-2-4-21)20-17(22)16-13(11)14(23-9)15(24-16)10-6-18-19-7-10/h6-7,9,16H,2-5,8H2,1H3,(H,18,19)/t9-,16?/m0/s1. The van der Waals surface area contributed by atoms with Crippen LogP contribution in [0.15, 0.2) is 34.3 Å². The van der Waals surface area contributed by atoms with E-state index in [4.69, 9.17) is 4.74 Å². The number of thioether (sulfide) groups is 1. The summed E-state index contributed by atoms with van der Waals surface area (Å²) in [5, 5.41) is 6.62. The van der Waals surface area contributed by atoms with Gasteiger partial charge >= 0.3 is 0 Å². The van der Waals surface area contributed by atoms with Crippen LogP contribution in [-0.2, 0) is 9.53 Å². The number of amides is 1. The number of aliphatic imine (C=N–C) groups is 1. The fourth-order valence-electron chi connectivity index (χ4n) is 3.69. The molecule has 1 fully saturated rings. The van der Waals surface area contributed by atoms with Crippen LogP contribution in [0, 0.1) is 0 Å². The molecule has 0 bridgehead atoms. The first-order valence-electron chi connectivity index (χ1n) is 8.35. The van der Waals surface area contributed by atoms with Gasteiger partial charge in [0.2, 0.25) is 0 Å². The Balaban J connectivity index is 1.61. The van der Waals surface area contributed by atoms with Crippen molar-refractivity contribution in [3.05, 3.63) is 34.9 Å². The molecule has 2 atom stereocenters. The zero-order valence-corrected chi connectivity index (χ0v) is 14.2. The third-order valence-corrected chi connectivity index (χ3v) is 6.31. The first-order valence-corrected chi connectivity index (χ1v) is 9.23. The normalized spacial score (nSPS) is 29.4. The first kappa shape index (κ1) is 14.5. The highest BCUT2D eigenvalue weighted by molar-refractivity contribution is 8.10. The van der Waals surface area contributed by atoms with Crippen LogP contribution in [0.2, 0.25) is 0 Å². The van der Waals surface area contributed by atoms with Crippen LogP contribution < -0.4 is 0 Å². The summed E-state index contributed by atoms with van der Waals surface area (Å²) in [6, 6.07) is 0. The fourth-order valence-corrected chi connectivity index (χ4v) is 4.96. The van der Waals surface area contributed by atoms with Crippen LogP contribution in [0.1, 0.15) is 25.3 Å². The van der Waals surface area contributed by atoms with Crippen molar-refractivity contribution in [3.8, 4) is 0 Å². The summed E-state index contributed by atoms with van der Waals surface area (Å²) in [5.41, 5.74) is 4.21. The molecule has 124 valence electrons. The van der Waals surface area contributed by atoms with Gasteiger partial charge in [-0.2, -0.15) is 5.10 Å². The molecule has 24 heavy (non-hydrogen) atoms. The number of nitrogens with zero attached hydrogens (tertiary/aromatic N) is 3. The lowest BCUT2D eigenvalue weighted by Crippen LogP contribution is -2.43. The number of likely N-dealkylation sites (tertiary alicyclic amines) is 1. The van der Waals surface area contributed by atoms with Gasteiger partial charge in [-0.15, -0.1) is 11.8 Å². The van der Waals surface area contributed by atoms with Crippen molar-refractivity contribution in [2.24, 2.45) is 4.99 Å². The minimum absolute atomic E-state index is 0.0524. The van der Waals surface area contributed by atoms with Gasteiger partial charge in [0, 0.05) is 30.3 Å². The quantitative estimate of drug-likeness (QED) is 0.910. The van der Waals surface area contributed by atoms with Crippen molar-refractivity contribution >= 4 is 28.3 Å². The van der Waals surface area contributed by atoms with E-state index in [2.05, 4.69) is 27.0 Å². The Morgan fingerprint density at radius 3 is 3.04 bits per heavy atom. The molecule has 7 heteroatoms. The lowest BCUT2D eigenvalue weighted by molar-refractivity contribution is -0.116. The zero-order chi connectivity index (χ0) is 16.3. The average molecular weight is 342 g/mol. The van der Waals surface area contributed by atoms with Crippen molar-refractivity contribution in [1.82, 2.24) is 15.1 Å². The second-order valence-electron chi connectivity index (χ2n) is 6.69. The van der Waals surface area contributed by atoms with Crippen LogP contribution in [0.4, 0.5) is 0 Å². The van der Waals surface area contributed by atoms with Gasteiger partial charge < -0.3 is 4.74 Å². The van der Waals surface area contributed by atoms with E-state index >= 15 is 0 Å². The number of carbonyl (C=O) groups is 1. The van der Waals surface area contributed by atoms with Gasteiger partial charge in [0.05, 0.1) is 16.8 Å². The maximum absolute atomic E-state index is 12.6. The largest absolute Gasteiger partial charge is 0.489 e. The molecule has 1 aromatic rings. The summed E-state index contributed by atoms with van der Waals surface area (Å²) < 4.78 is 6.16. The molecule has 1 saturated heterocycles. The van der Waals surface area contributed by atoms with Crippen molar-refractivity contribution in [2.75, 3.05) is 19.6 Å². The monoisotopic (exact) mass is 342 g/mol. The molecule has 0 radical (unpaired) electrons. The van der Waals surface area contributed by atoms with Gasteiger partial charge in [-0.25, -0.2) is 4.99 Å². The summed E-state index contributed by atoms with van der Waals surface area (Å²) >= 11 is 1.55. The molecule has 1 unspecified atom stereocenters. The van der Waals surface area contributed by atoms with E-state index in [0.717, 1.165) is 53.6 Å². The van der Waals surface area contributed by atoms with E-state index in [1.807, 2.05) is 6.20 Å². The molecule has 0 aliphatic carbocycles. The van der Waals surface area contributed by atoms with E-state index in [1.165, 1.54) is 12.0 Å². The van der Waals surface area contributed by atoms with E-state index in [9.17, 15) is 4.79 Å². The topological polar surface area (TPSA) is 70.6 Å². The summed E-state index contributed by atoms with van der Waals surface area (Å²) in [7, 11) is 0. The summed E-state index contributed by atoms with van der Waals surface area (Å²) in [5.74, 6) is 0.813. The highest BCUT2D eigenvalue weighted by Crippen LogP contribution is 2.53. The minimum atomic E-state index is -0.257. The number of carbonyl (C=O) groups excluding carboxylic acids is 1. The molecule has 6 nitrogen and oxygen atoms in total. The summed E-state index contributed by atoms with van der Waals surface area (Å²) in [6.45, 7) is 5.06. The Labute approximate surface area is 144 Å². The van der Waals surface area contributed by atoms with Gasteiger partial charge in [0.1, 0.15) is 17.1 Å². The Morgan fingerprint density at radius 2 is 2.33 bits per heavy atom. The number of aromatic nitrogens is 2. The van der Waals surface area contributed by atoms with Crippen molar-refractivity contribution in [1.29, 1.82) is 0 Å². The number of hydrogen-bond donors (Lipinski definition) is 1. The van der Waals surface area contributed by atoms with Crippen LogP contribution in [0.3, 0.4) is 0 Å². The van der Waals surface area contributed by atoms with Crippen molar-refractivity contribution in [3.63, 3.8) is 0 Å². The lowest BCUT2D eigenvalue weighted by Gasteiger charge is -2.35. The highest BCUT2D eigenvalue weighted by atomic mass is 32.2. The Bertz CT molecular complexity index is 805. The van der Waals surface area contributed by atoms with E-state index in [-0.39, 0.29) is 17.3 Å². The van der Waals surface area contributed by atoms with E-state index in [1.54, 1.807) is 18.0 Å². The summed E-state index contributed by atoms with van der Waals surface area (Å²) in [6.07, 6.45) is 5.79. The molecule has 0 saturated carbocycles. The smallest absolute Gasteiger partial charge is 0.264 e. The molecule has 5 heterocycles. The average Bonchev–Trinajstić information content (AvgIpc) is 3.15. The number of dihydropyridines is 1. The Morgan fingerprint density at radius 1 is 1.46 bits per heavy atom. The Kier molecular flexibility index (Phi) is 3.21. The van der Waals surface area contributed by atoms with Crippen molar-refractivity contribution in [2.45, 2.75) is 31.1 Å². The zero-order valence-electron chi connectivity index (χ0n) is 13.4. The van der Waals surface area contributed by atoms with Gasteiger partial charge in [-0.1, -0.05) is 0 Å². The number of ether oxygens (including phenoxy) is 1. The van der Waals surface area contributed by atoms with Gasteiger partial charge in [-0.05, 0) is 32.0 Å². The molecular formula is C17H18N4O2S. The molecule has 5 rings (SSSR count). The van der Waals surface area contributed by atoms with Gasteiger partial charge in [0.25, 0.3) is 5.91 Å². The van der Waals surface area contributed by atoms with Crippen LogP contribution in [-0.4, -0.2) is 57.7 Å². The molecule has 4 aliphatic rings. The van der Waals surface area contributed by atoms with Crippen LogP contribution >= 0.6 is 11.8 Å². The van der Waals surface area contributed by atoms with Crippen molar-refractivity contribution < 1.29 is 9.53 Å². The third-order valence-electron chi connectivity index (χ3n) is 4.98. The number of aromatic amines is 1. The highest BCUT2D eigenvalue weighted by Gasteiger charge is 2.45. The lowest BCUT2D eigenvalue weighted by atomic mass is 9.88. The number of allylic oxidation sites excluding steroid dienone is 1. The minimum Gasteiger partial charge on any atom is -0.489 e. The number of nitrogens with one attached hydrogen (secondary N) is 1. The second-order valence-corrected chi connectivity index (χ2v) is 7.81. The van der Waals surface area contributed by atoms with Gasteiger partial charge in [0.15, 0.2) is 0 Å². The van der Waals surface area contributed by atoms with Crippen LogP contribution in [0.5, 0.6) is 0 Å². The molecule has 0 aromatic carbocycles. The molecule has 1 aromatic heterocycles. The Hall–Kier alpha value is -1.86. The van der Waals surface area contributed by atoms with E-state index in [0.29, 0.717) is 0 Å². The molecule has 4 aliphatic heterocycles. The molecule has 1 amide bonds.